The highest BCUT2D eigenvalue weighted by molar-refractivity contribution is 5.79. The summed E-state index contributed by atoms with van der Waals surface area (Å²) in [5.41, 5.74) is 2.64. The molecule has 130 valence electrons. The van der Waals surface area contributed by atoms with E-state index < -0.39 is 0 Å². The van der Waals surface area contributed by atoms with Gasteiger partial charge in [0.25, 0.3) is 0 Å². The van der Waals surface area contributed by atoms with Crippen molar-refractivity contribution in [2.45, 2.75) is 26.2 Å². The summed E-state index contributed by atoms with van der Waals surface area (Å²) in [5, 5.41) is 6.68. The standard InChI is InChI=1S/C18H31N3O2/c1-15-7-5-8-17(13-15)16(2)14-21-18(19-3)20-9-6-10-23-12-11-22-4/h5,7-8,13,16H,6,9-12,14H2,1-4H3,(H2,19,20,21). The van der Waals surface area contributed by atoms with Crippen molar-refractivity contribution < 1.29 is 9.47 Å². The topological polar surface area (TPSA) is 54.9 Å². The first-order chi connectivity index (χ1) is 11.2. The zero-order valence-corrected chi connectivity index (χ0v) is 14.9. The summed E-state index contributed by atoms with van der Waals surface area (Å²) in [5.74, 6) is 1.27. The van der Waals surface area contributed by atoms with Crippen LogP contribution < -0.4 is 10.6 Å². The molecule has 0 aromatic heterocycles. The molecule has 0 aliphatic rings. The maximum atomic E-state index is 5.43. The third-order valence-corrected chi connectivity index (χ3v) is 3.60. The number of nitrogens with zero attached hydrogens (tertiary/aromatic N) is 1. The van der Waals surface area contributed by atoms with Crippen LogP contribution in [0, 0.1) is 6.92 Å². The molecule has 0 bridgehead atoms. The summed E-state index contributed by atoms with van der Waals surface area (Å²) < 4.78 is 10.4. The summed E-state index contributed by atoms with van der Waals surface area (Å²) in [6, 6.07) is 8.64. The van der Waals surface area contributed by atoms with Crippen LogP contribution in [0.3, 0.4) is 0 Å². The number of aliphatic imine (C=N–C) groups is 1. The van der Waals surface area contributed by atoms with E-state index in [9.17, 15) is 0 Å². The molecule has 0 saturated heterocycles. The van der Waals surface area contributed by atoms with E-state index in [4.69, 9.17) is 9.47 Å². The van der Waals surface area contributed by atoms with Crippen molar-refractivity contribution in [2.75, 3.05) is 47.1 Å². The van der Waals surface area contributed by atoms with E-state index in [1.165, 1.54) is 11.1 Å². The highest BCUT2D eigenvalue weighted by Crippen LogP contribution is 2.15. The lowest BCUT2D eigenvalue weighted by Crippen LogP contribution is -2.39. The third kappa shape index (κ3) is 8.57. The molecule has 0 heterocycles. The molecule has 0 fully saturated rings. The second-order valence-corrected chi connectivity index (χ2v) is 5.65. The highest BCUT2D eigenvalue weighted by atomic mass is 16.5. The predicted molar refractivity (Wildman–Crippen MR) is 96.3 cm³/mol. The Morgan fingerprint density at radius 2 is 2.04 bits per heavy atom. The lowest BCUT2D eigenvalue weighted by atomic mass is 9.99. The maximum Gasteiger partial charge on any atom is 0.190 e. The first-order valence-electron chi connectivity index (χ1n) is 8.25. The van der Waals surface area contributed by atoms with E-state index in [2.05, 4.69) is 53.7 Å². The fourth-order valence-electron chi connectivity index (χ4n) is 2.19. The number of guanidine groups is 1. The lowest BCUT2D eigenvalue weighted by molar-refractivity contribution is 0.0698. The summed E-state index contributed by atoms with van der Waals surface area (Å²) in [6.07, 6.45) is 0.942. The normalized spacial score (nSPS) is 13.0. The molecule has 23 heavy (non-hydrogen) atoms. The smallest absolute Gasteiger partial charge is 0.190 e. The van der Waals surface area contributed by atoms with Crippen LogP contribution in [0.25, 0.3) is 0 Å². The van der Waals surface area contributed by atoms with Crippen molar-refractivity contribution in [3.63, 3.8) is 0 Å². The molecule has 0 aliphatic carbocycles. The first kappa shape index (κ1) is 19.5. The third-order valence-electron chi connectivity index (χ3n) is 3.60. The molecule has 0 saturated carbocycles. The molecule has 1 rings (SSSR count). The van der Waals surface area contributed by atoms with Gasteiger partial charge in [-0.25, -0.2) is 0 Å². The average molecular weight is 321 g/mol. The predicted octanol–water partition coefficient (Wildman–Crippen LogP) is 2.32. The Bertz CT molecular complexity index is 463. The van der Waals surface area contributed by atoms with Gasteiger partial charge in [0.2, 0.25) is 0 Å². The number of ether oxygens (including phenoxy) is 2. The van der Waals surface area contributed by atoms with Gasteiger partial charge >= 0.3 is 0 Å². The van der Waals surface area contributed by atoms with E-state index >= 15 is 0 Å². The zero-order chi connectivity index (χ0) is 16.9. The minimum Gasteiger partial charge on any atom is -0.382 e. The van der Waals surface area contributed by atoms with Gasteiger partial charge in [0, 0.05) is 33.9 Å². The van der Waals surface area contributed by atoms with Crippen molar-refractivity contribution in [1.29, 1.82) is 0 Å². The van der Waals surface area contributed by atoms with E-state index in [0.29, 0.717) is 19.1 Å². The van der Waals surface area contributed by atoms with Crippen LogP contribution in [0.1, 0.15) is 30.4 Å². The first-order valence-corrected chi connectivity index (χ1v) is 8.25. The second-order valence-electron chi connectivity index (χ2n) is 5.65. The number of nitrogens with one attached hydrogen (secondary N) is 2. The number of methoxy groups -OCH3 is 1. The summed E-state index contributed by atoms with van der Waals surface area (Å²) in [7, 11) is 3.47. The van der Waals surface area contributed by atoms with Crippen LogP contribution in [-0.2, 0) is 9.47 Å². The highest BCUT2D eigenvalue weighted by Gasteiger charge is 2.06. The van der Waals surface area contributed by atoms with Crippen molar-refractivity contribution in [2.24, 2.45) is 4.99 Å². The van der Waals surface area contributed by atoms with Gasteiger partial charge in [-0.1, -0.05) is 36.8 Å². The van der Waals surface area contributed by atoms with Crippen molar-refractivity contribution in [3.8, 4) is 0 Å². The lowest BCUT2D eigenvalue weighted by Gasteiger charge is -2.17. The summed E-state index contributed by atoms with van der Waals surface area (Å²) in [6.45, 7) is 8.06. The number of hydrogen-bond acceptors (Lipinski definition) is 3. The van der Waals surface area contributed by atoms with Gasteiger partial charge < -0.3 is 20.1 Å². The molecule has 2 N–H and O–H groups in total. The van der Waals surface area contributed by atoms with E-state index in [1.807, 2.05) is 0 Å². The fourth-order valence-corrected chi connectivity index (χ4v) is 2.19. The Morgan fingerprint density at radius 3 is 2.74 bits per heavy atom. The molecule has 5 nitrogen and oxygen atoms in total. The second kappa shape index (κ2) is 11.9. The minimum atomic E-state index is 0.436. The number of benzene rings is 1. The van der Waals surface area contributed by atoms with E-state index in [1.54, 1.807) is 14.2 Å². The largest absolute Gasteiger partial charge is 0.382 e. The van der Waals surface area contributed by atoms with Gasteiger partial charge in [0.05, 0.1) is 13.2 Å². The number of rotatable bonds is 10. The van der Waals surface area contributed by atoms with Crippen LogP contribution in [0.5, 0.6) is 0 Å². The van der Waals surface area contributed by atoms with E-state index in [0.717, 1.165) is 32.1 Å². The summed E-state index contributed by atoms with van der Waals surface area (Å²) in [4.78, 5) is 4.25. The van der Waals surface area contributed by atoms with Crippen LogP contribution >= 0.6 is 0 Å². The summed E-state index contributed by atoms with van der Waals surface area (Å²) >= 11 is 0. The van der Waals surface area contributed by atoms with Gasteiger partial charge in [-0.15, -0.1) is 0 Å². The maximum absolute atomic E-state index is 5.43. The SMILES string of the molecule is CN=C(NCCCOCCOC)NCC(C)c1cccc(C)c1. The van der Waals surface area contributed by atoms with Gasteiger partial charge in [0.15, 0.2) is 5.96 Å². The van der Waals surface area contributed by atoms with Crippen molar-refractivity contribution in [1.82, 2.24) is 10.6 Å². The Labute approximate surface area is 140 Å². The monoisotopic (exact) mass is 321 g/mol. The Morgan fingerprint density at radius 1 is 1.22 bits per heavy atom. The van der Waals surface area contributed by atoms with Crippen molar-refractivity contribution >= 4 is 5.96 Å². The Balaban J connectivity index is 2.21. The van der Waals surface area contributed by atoms with Crippen LogP contribution in [-0.4, -0.2) is 53.0 Å². The molecule has 1 aromatic carbocycles. The van der Waals surface area contributed by atoms with Crippen molar-refractivity contribution in [3.05, 3.63) is 35.4 Å². The zero-order valence-electron chi connectivity index (χ0n) is 14.9. The fraction of sp³-hybridized carbons (Fsp3) is 0.611. The Hall–Kier alpha value is -1.59. The van der Waals surface area contributed by atoms with Crippen LogP contribution in [0.4, 0.5) is 0 Å². The molecular formula is C18H31N3O2. The molecule has 1 unspecified atom stereocenters. The molecule has 0 spiro atoms. The molecule has 0 aliphatic heterocycles. The Kier molecular flexibility index (Phi) is 10.1. The van der Waals surface area contributed by atoms with Crippen LogP contribution in [0.2, 0.25) is 0 Å². The van der Waals surface area contributed by atoms with Gasteiger partial charge in [-0.3, -0.25) is 4.99 Å². The molecular weight excluding hydrogens is 290 g/mol. The molecule has 0 amide bonds. The molecule has 1 atom stereocenters. The molecule has 0 radical (unpaired) electrons. The number of hydrogen-bond donors (Lipinski definition) is 2. The van der Waals surface area contributed by atoms with Gasteiger partial charge in [-0.05, 0) is 24.8 Å². The minimum absolute atomic E-state index is 0.436. The molecule has 5 heteroatoms. The average Bonchev–Trinajstić information content (AvgIpc) is 2.56. The quantitative estimate of drug-likeness (QED) is 0.394. The van der Waals surface area contributed by atoms with Gasteiger partial charge in [0.1, 0.15) is 0 Å². The number of aryl methyl sites for hydroxylation is 1. The molecule has 1 aromatic rings. The van der Waals surface area contributed by atoms with Gasteiger partial charge in [-0.2, -0.15) is 0 Å². The van der Waals surface area contributed by atoms with Crippen LogP contribution in [0.15, 0.2) is 29.3 Å². The van der Waals surface area contributed by atoms with E-state index in [-0.39, 0.29) is 0 Å².